The quantitative estimate of drug-likeness (QED) is 0.309. The summed E-state index contributed by atoms with van der Waals surface area (Å²) < 4.78 is 0. The molecule has 4 nitrogen and oxygen atoms in total. The number of benzene rings is 2. The molecule has 1 aliphatic heterocycles. The van der Waals surface area contributed by atoms with Crippen LogP contribution >= 0.6 is 0 Å². The van der Waals surface area contributed by atoms with E-state index in [1.54, 1.807) is 6.92 Å². The number of nitrogens with zero attached hydrogens (tertiary/aromatic N) is 2. The first-order valence-corrected chi connectivity index (χ1v) is 13.0. The largest absolute Gasteiger partial charge is 0.405 e. The molecule has 3 rings (SSSR count). The maximum Gasteiger partial charge on any atom is 0.0908 e. The predicted octanol–water partition coefficient (Wildman–Crippen LogP) is 6.34. The van der Waals surface area contributed by atoms with Crippen LogP contribution in [0.1, 0.15) is 44.4 Å². The molecule has 4 heteroatoms. The van der Waals surface area contributed by atoms with Crippen molar-refractivity contribution in [2.24, 2.45) is 10.8 Å². The van der Waals surface area contributed by atoms with Gasteiger partial charge in [-0.3, -0.25) is 5.01 Å². The van der Waals surface area contributed by atoms with Crippen LogP contribution in [-0.2, 0) is 6.42 Å². The molecule has 0 saturated heterocycles. The first-order valence-electron chi connectivity index (χ1n) is 13.0. The molecule has 1 aliphatic rings. The van der Waals surface area contributed by atoms with Crippen molar-refractivity contribution in [3.63, 3.8) is 0 Å². The maximum atomic E-state index is 7.91. The molecule has 0 unspecified atom stereocenters. The average Bonchev–Trinajstić information content (AvgIpc) is 3.05. The first kappa shape index (κ1) is 28.4. The summed E-state index contributed by atoms with van der Waals surface area (Å²) in [5.41, 5.74) is 15.5. The second-order valence-electron chi connectivity index (χ2n) is 10.0. The zero-order chi connectivity index (χ0) is 27.7. The number of hydrogen-bond donors (Lipinski definition) is 2. The first-order chi connectivity index (χ1) is 18.2. The molecule has 0 saturated carbocycles. The molecule has 3 N–H and O–H groups in total. The Morgan fingerprint density at radius 2 is 1.71 bits per heavy atom. The van der Waals surface area contributed by atoms with Gasteiger partial charge in [-0.1, -0.05) is 60.2 Å². The third-order valence-corrected chi connectivity index (χ3v) is 6.64. The van der Waals surface area contributed by atoms with E-state index in [1.165, 1.54) is 34.0 Å². The molecule has 0 aromatic heterocycles. The van der Waals surface area contributed by atoms with Crippen molar-refractivity contribution in [1.29, 1.82) is 5.41 Å². The van der Waals surface area contributed by atoms with Crippen LogP contribution in [0.25, 0.3) is 6.08 Å². The number of hydrogen-bond acceptors (Lipinski definition) is 4. The minimum Gasteiger partial charge on any atom is -0.405 e. The number of fused-ring (bicyclic) bond motifs is 1. The van der Waals surface area contributed by atoms with Crippen molar-refractivity contribution < 1.29 is 0 Å². The summed E-state index contributed by atoms with van der Waals surface area (Å²) in [6.45, 7) is 13.0. The van der Waals surface area contributed by atoms with Crippen molar-refractivity contribution in [3.8, 4) is 0 Å². The van der Waals surface area contributed by atoms with Crippen LogP contribution in [0.4, 0.5) is 0 Å². The molecule has 0 spiro atoms. The smallest absolute Gasteiger partial charge is 0.0908 e. The SMILES string of the molecule is CC(=N)/C(C)=C/C(=C\C=C\N)C(/C)=C/C=C(\C)CN1C=C(Cc2ccc(C)c(C)c2)C=c2ccccc2=N1. The molecule has 0 fully saturated rings. The van der Waals surface area contributed by atoms with Crippen LogP contribution in [0.15, 0.2) is 118 Å². The number of nitrogens with two attached hydrogens (primary N) is 1. The number of nitrogens with one attached hydrogen (secondary N) is 1. The van der Waals surface area contributed by atoms with E-state index in [0.29, 0.717) is 12.3 Å². The highest BCUT2D eigenvalue weighted by Gasteiger charge is 2.08. The second kappa shape index (κ2) is 13.4. The molecule has 0 amide bonds. The molecule has 2 aromatic carbocycles. The fraction of sp³-hybridized carbons (Fsp3) is 0.235. The molecule has 0 radical (unpaired) electrons. The van der Waals surface area contributed by atoms with Crippen molar-refractivity contribution in [3.05, 3.63) is 140 Å². The van der Waals surface area contributed by atoms with Crippen LogP contribution in [-0.4, -0.2) is 17.3 Å². The third kappa shape index (κ3) is 8.17. The highest BCUT2D eigenvalue weighted by Crippen LogP contribution is 2.18. The zero-order valence-corrected chi connectivity index (χ0v) is 23.5. The van der Waals surface area contributed by atoms with Gasteiger partial charge >= 0.3 is 0 Å². The lowest BCUT2D eigenvalue weighted by Gasteiger charge is -2.16. The fourth-order valence-electron chi connectivity index (χ4n) is 4.09. The minimum atomic E-state index is 0.551. The van der Waals surface area contributed by atoms with Crippen LogP contribution < -0.4 is 16.3 Å². The van der Waals surface area contributed by atoms with E-state index >= 15 is 0 Å². The Hall–Kier alpha value is -4.18. The Kier molecular flexibility index (Phi) is 10.0. The summed E-state index contributed by atoms with van der Waals surface area (Å²) in [4.78, 5) is 0. The van der Waals surface area contributed by atoms with Crippen LogP contribution in [0, 0.1) is 19.3 Å². The molecule has 196 valence electrons. The van der Waals surface area contributed by atoms with Gasteiger partial charge in [0.05, 0.1) is 11.9 Å². The number of allylic oxidation sites excluding steroid dienone is 9. The van der Waals surface area contributed by atoms with Crippen molar-refractivity contribution in [1.82, 2.24) is 5.01 Å². The monoisotopic (exact) mass is 504 g/mol. The standard InChI is InChI=1S/C34H40N4/c1-24(13-14-26(3)32(11-9-17-35)19-28(5)29(6)36)22-38-23-31(20-30-16-15-25(2)27(4)18-30)21-33-10-7-8-12-34(33)37-38/h7-19,21,23,36H,20,22,35H2,1-6H3/b17-9+,24-13+,26-14+,28-19+,32-11+,36-29?. The summed E-state index contributed by atoms with van der Waals surface area (Å²) in [7, 11) is 0. The van der Waals surface area contributed by atoms with Gasteiger partial charge in [0.15, 0.2) is 0 Å². The summed E-state index contributed by atoms with van der Waals surface area (Å²) in [5.74, 6) is 0. The highest BCUT2D eigenvalue weighted by atomic mass is 15.4. The Morgan fingerprint density at radius 3 is 2.42 bits per heavy atom. The van der Waals surface area contributed by atoms with Crippen molar-refractivity contribution in [2.45, 2.75) is 48.0 Å². The van der Waals surface area contributed by atoms with Gasteiger partial charge in [-0.25, -0.2) is 0 Å². The van der Waals surface area contributed by atoms with E-state index in [9.17, 15) is 0 Å². The lowest BCUT2D eigenvalue weighted by molar-refractivity contribution is 0.416. The molecule has 2 aromatic rings. The van der Waals surface area contributed by atoms with Crippen LogP contribution in [0.2, 0.25) is 0 Å². The molecule has 38 heavy (non-hydrogen) atoms. The van der Waals surface area contributed by atoms with E-state index < -0.39 is 0 Å². The molecule has 0 atom stereocenters. The van der Waals surface area contributed by atoms with E-state index in [4.69, 9.17) is 16.2 Å². The van der Waals surface area contributed by atoms with Crippen molar-refractivity contribution in [2.75, 3.05) is 6.54 Å². The Labute approximate surface area is 227 Å². The summed E-state index contributed by atoms with van der Waals surface area (Å²) in [6, 6.07) is 15.0. The zero-order valence-electron chi connectivity index (χ0n) is 23.5. The molecule has 0 bridgehead atoms. The van der Waals surface area contributed by atoms with Gasteiger partial charge in [0, 0.05) is 17.1 Å². The van der Waals surface area contributed by atoms with Crippen LogP contribution in [0.3, 0.4) is 0 Å². The Morgan fingerprint density at radius 1 is 0.947 bits per heavy atom. The van der Waals surface area contributed by atoms with Gasteiger partial charge in [-0.15, -0.1) is 0 Å². The number of aryl methyl sites for hydroxylation is 2. The third-order valence-electron chi connectivity index (χ3n) is 6.64. The van der Waals surface area contributed by atoms with E-state index in [-0.39, 0.29) is 0 Å². The van der Waals surface area contributed by atoms with E-state index in [2.05, 4.69) is 88.5 Å². The van der Waals surface area contributed by atoms with Gasteiger partial charge in [-0.05, 0) is 117 Å². The van der Waals surface area contributed by atoms with Crippen molar-refractivity contribution >= 4 is 11.8 Å². The van der Waals surface area contributed by atoms with Gasteiger partial charge in [0.25, 0.3) is 0 Å². The summed E-state index contributed by atoms with van der Waals surface area (Å²) >= 11 is 0. The van der Waals surface area contributed by atoms with Crippen LogP contribution in [0.5, 0.6) is 0 Å². The summed E-state index contributed by atoms with van der Waals surface area (Å²) in [6.07, 6.45) is 16.9. The Balaban J connectivity index is 1.90. The predicted molar refractivity (Wildman–Crippen MR) is 162 cm³/mol. The molecular formula is C34H40N4. The van der Waals surface area contributed by atoms with Gasteiger partial charge in [-0.2, -0.15) is 5.10 Å². The number of rotatable bonds is 9. The summed E-state index contributed by atoms with van der Waals surface area (Å²) in [5, 5.41) is 17.0. The Bertz CT molecular complexity index is 1490. The van der Waals surface area contributed by atoms with E-state index in [1.807, 2.05) is 36.2 Å². The van der Waals surface area contributed by atoms with Gasteiger partial charge in [0.1, 0.15) is 0 Å². The molecule has 1 heterocycles. The van der Waals surface area contributed by atoms with Gasteiger partial charge < -0.3 is 11.1 Å². The lowest BCUT2D eigenvalue weighted by Crippen LogP contribution is -2.27. The lowest BCUT2D eigenvalue weighted by atomic mass is 10.00. The highest BCUT2D eigenvalue weighted by molar-refractivity contribution is 5.95. The van der Waals surface area contributed by atoms with E-state index in [0.717, 1.165) is 33.7 Å². The average molecular weight is 505 g/mol. The fourth-order valence-corrected chi connectivity index (χ4v) is 4.09. The minimum absolute atomic E-state index is 0.551. The topological polar surface area (TPSA) is 65.5 Å². The molecular weight excluding hydrogens is 464 g/mol. The van der Waals surface area contributed by atoms with Gasteiger partial charge in [0.2, 0.25) is 0 Å². The normalized spacial score (nSPS) is 15.0. The molecule has 0 aliphatic carbocycles. The second-order valence-corrected chi connectivity index (χ2v) is 10.0. The maximum absolute atomic E-state index is 7.91.